The number of aryl methyl sites for hydroxylation is 1. The highest BCUT2D eigenvalue weighted by atomic mass is 16.2. The average molecular weight is 305 g/mol. The van der Waals surface area contributed by atoms with Crippen LogP contribution in [-0.2, 0) is 9.59 Å². The standard InChI is InChI=1S/C16H23N3O3/c1-10(2)8-13(16(22)18-9-14(17)20)19-15(21)12-7-5-4-6-11(12)3/h4-7,10,13H,8-9H2,1-3H3,(H2,17,20)(H,18,22)(H,19,21)/t13-/m0/s1. The van der Waals surface area contributed by atoms with E-state index in [-0.39, 0.29) is 18.4 Å². The van der Waals surface area contributed by atoms with Gasteiger partial charge in [0.15, 0.2) is 0 Å². The molecule has 1 atom stereocenters. The predicted molar refractivity (Wildman–Crippen MR) is 84.1 cm³/mol. The van der Waals surface area contributed by atoms with Gasteiger partial charge >= 0.3 is 0 Å². The summed E-state index contributed by atoms with van der Waals surface area (Å²) >= 11 is 0. The molecule has 0 saturated heterocycles. The molecule has 0 bridgehead atoms. The van der Waals surface area contributed by atoms with E-state index in [1.807, 2.05) is 32.9 Å². The zero-order chi connectivity index (χ0) is 16.7. The van der Waals surface area contributed by atoms with E-state index in [2.05, 4.69) is 10.6 Å². The van der Waals surface area contributed by atoms with Crippen LogP contribution in [0.1, 0.15) is 36.2 Å². The van der Waals surface area contributed by atoms with Crippen LogP contribution in [0.25, 0.3) is 0 Å². The minimum absolute atomic E-state index is 0.210. The van der Waals surface area contributed by atoms with Crippen molar-refractivity contribution in [2.24, 2.45) is 11.7 Å². The maximum absolute atomic E-state index is 12.3. The molecule has 22 heavy (non-hydrogen) atoms. The SMILES string of the molecule is Cc1ccccc1C(=O)N[C@@H](CC(C)C)C(=O)NCC(N)=O. The van der Waals surface area contributed by atoms with Gasteiger partial charge in [0, 0.05) is 5.56 Å². The third kappa shape index (κ3) is 5.55. The lowest BCUT2D eigenvalue weighted by atomic mass is 10.0. The van der Waals surface area contributed by atoms with E-state index in [9.17, 15) is 14.4 Å². The zero-order valence-electron chi connectivity index (χ0n) is 13.2. The molecule has 0 spiro atoms. The molecule has 0 aliphatic heterocycles. The third-order valence-electron chi connectivity index (χ3n) is 3.16. The highest BCUT2D eigenvalue weighted by molar-refractivity contribution is 5.99. The fraction of sp³-hybridized carbons (Fsp3) is 0.438. The van der Waals surface area contributed by atoms with E-state index in [0.29, 0.717) is 12.0 Å². The van der Waals surface area contributed by atoms with Crippen LogP contribution in [0.5, 0.6) is 0 Å². The third-order valence-corrected chi connectivity index (χ3v) is 3.16. The molecule has 120 valence electrons. The Kier molecular flexibility index (Phi) is 6.56. The number of primary amides is 1. The lowest BCUT2D eigenvalue weighted by Crippen LogP contribution is -2.49. The maximum atomic E-state index is 12.3. The van der Waals surface area contributed by atoms with Crippen molar-refractivity contribution < 1.29 is 14.4 Å². The monoisotopic (exact) mass is 305 g/mol. The van der Waals surface area contributed by atoms with Gasteiger partial charge in [-0.2, -0.15) is 0 Å². The van der Waals surface area contributed by atoms with Crippen LogP contribution in [0.4, 0.5) is 0 Å². The summed E-state index contributed by atoms with van der Waals surface area (Å²) in [6.07, 6.45) is 0.474. The fourth-order valence-electron chi connectivity index (χ4n) is 2.06. The van der Waals surface area contributed by atoms with Crippen LogP contribution in [0.2, 0.25) is 0 Å². The van der Waals surface area contributed by atoms with Crippen LogP contribution >= 0.6 is 0 Å². The molecule has 6 heteroatoms. The van der Waals surface area contributed by atoms with E-state index in [1.54, 1.807) is 12.1 Å². The molecule has 4 N–H and O–H groups in total. The normalized spacial score (nSPS) is 11.8. The fourth-order valence-corrected chi connectivity index (χ4v) is 2.06. The van der Waals surface area contributed by atoms with Crippen molar-refractivity contribution in [2.75, 3.05) is 6.54 Å². The molecule has 0 heterocycles. The first-order valence-electron chi connectivity index (χ1n) is 7.23. The molecular weight excluding hydrogens is 282 g/mol. The van der Waals surface area contributed by atoms with Gasteiger partial charge in [0.1, 0.15) is 6.04 Å². The average Bonchev–Trinajstić information content (AvgIpc) is 2.43. The van der Waals surface area contributed by atoms with Crippen LogP contribution in [0.3, 0.4) is 0 Å². The van der Waals surface area contributed by atoms with Gasteiger partial charge in [0.2, 0.25) is 11.8 Å². The van der Waals surface area contributed by atoms with E-state index < -0.39 is 17.9 Å². The summed E-state index contributed by atoms with van der Waals surface area (Å²) in [5, 5.41) is 5.16. The lowest BCUT2D eigenvalue weighted by Gasteiger charge is -2.20. The number of carbonyl (C=O) groups is 3. The number of benzene rings is 1. The van der Waals surface area contributed by atoms with Crippen molar-refractivity contribution in [1.29, 1.82) is 0 Å². The van der Waals surface area contributed by atoms with Gasteiger partial charge in [0.05, 0.1) is 6.54 Å². The summed E-state index contributed by atoms with van der Waals surface area (Å²) < 4.78 is 0. The molecule has 0 saturated carbocycles. The first-order valence-corrected chi connectivity index (χ1v) is 7.23. The molecule has 0 aliphatic rings. The Morgan fingerprint density at radius 2 is 1.82 bits per heavy atom. The van der Waals surface area contributed by atoms with Gasteiger partial charge in [-0.1, -0.05) is 32.0 Å². The Bertz CT molecular complexity index is 555. The topological polar surface area (TPSA) is 101 Å². The number of rotatable bonds is 7. The number of carbonyl (C=O) groups excluding carboxylic acids is 3. The second kappa shape index (κ2) is 8.17. The molecule has 3 amide bonds. The molecular formula is C16H23N3O3. The van der Waals surface area contributed by atoms with Crippen LogP contribution < -0.4 is 16.4 Å². The molecule has 1 aromatic carbocycles. The molecule has 1 aromatic rings. The number of hydrogen-bond donors (Lipinski definition) is 3. The van der Waals surface area contributed by atoms with Crippen molar-refractivity contribution >= 4 is 17.7 Å². The smallest absolute Gasteiger partial charge is 0.252 e. The van der Waals surface area contributed by atoms with Gasteiger partial charge in [-0.25, -0.2) is 0 Å². The largest absolute Gasteiger partial charge is 0.368 e. The second-order valence-electron chi connectivity index (χ2n) is 5.65. The first kappa shape index (κ1) is 17.7. The van der Waals surface area contributed by atoms with Crippen molar-refractivity contribution in [2.45, 2.75) is 33.2 Å². The molecule has 0 aliphatic carbocycles. The van der Waals surface area contributed by atoms with E-state index in [0.717, 1.165) is 5.56 Å². The first-order chi connectivity index (χ1) is 10.3. The van der Waals surface area contributed by atoms with Gasteiger partial charge < -0.3 is 16.4 Å². The molecule has 1 rings (SSSR count). The van der Waals surface area contributed by atoms with E-state index in [1.165, 1.54) is 0 Å². The Morgan fingerprint density at radius 3 is 2.36 bits per heavy atom. The summed E-state index contributed by atoms with van der Waals surface area (Å²) in [7, 11) is 0. The molecule has 0 aromatic heterocycles. The van der Waals surface area contributed by atoms with Crippen molar-refractivity contribution in [3.63, 3.8) is 0 Å². The summed E-state index contributed by atoms with van der Waals surface area (Å²) in [6.45, 7) is 5.50. The predicted octanol–water partition coefficient (Wildman–Crippen LogP) is 0.741. The van der Waals surface area contributed by atoms with Gasteiger partial charge in [-0.15, -0.1) is 0 Å². The zero-order valence-corrected chi connectivity index (χ0v) is 13.2. The summed E-state index contributed by atoms with van der Waals surface area (Å²) in [4.78, 5) is 35.2. The summed E-state index contributed by atoms with van der Waals surface area (Å²) in [5.41, 5.74) is 6.37. The number of hydrogen-bond acceptors (Lipinski definition) is 3. The molecule has 6 nitrogen and oxygen atoms in total. The Morgan fingerprint density at radius 1 is 1.18 bits per heavy atom. The Hall–Kier alpha value is -2.37. The van der Waals surface area contributed by atoms with Crippen LogP contribution in [0, 0.1) is 12.8 Å². The second-order valence-corrected chi connectivity index (χ2v) is 5.65. The highest BCUT2D eigenvalue weighted by Gasteiger charge is 2.23. The van der Waals surface area contributed by atoms with E-state index >= 15 is 0 Å². The summed E-state index contributed by atoms with van der Waals surface area (Å²) in [6, 6.07) is 6.45. The van der Waals surface area contributed by atoms with Gasteiger partial charge in [0.25, 0.3) is 5.91 Å². The van der Waals surface area contributed by atoms with Gasteiger partial charge in [-0.05, 0) is 30.9 Å². The van der Waals surface area contributed by atoms with Crippen molar-refractivity contribution in [1.82, 2.24) is 10.6 Å². The van der Waals surface area contributed by atoms with Gasteiger partial charge in [-0.3, -0.25) is 14.4 Å². The van der Waals surface area contributed by atoms with Crippen molar-refractivity contribution in [3.05, 3.63) is 35.4 Å². The molecule has 0 fully saturated rings. The maximum Gasteiger partial charge on any atom is 0.252 e. The number of amides is 3. The number of nitrogens with two attached hydrogens (primary N) is 1. The number of nitrogens with one attached hydrogen (secondary N) is 2. The summed E-state index contributed by atoms with van der Waals surface area (Å²) in [5.74, 6) is -1.13. The molecule has 0 unspecified atom stereocenters. The quantitative estimate of drug-likeness (QED) is 0.692. The minimum atomic E-state index is -0.702. The minimum Gasteiger partial charge on any atom is -0.368 e. The lowest BCUT2D eigenvalue weighted by molar-refractivity contribution is -0.126. The van der Waals surface area contributed by atoms with E-state index in [4.69, 9.17) is 5.73 Å². The Balaban J connectivity index is 2.80. The highest BCUT2D eigenvalue weighted by Crippen LogP contribution is 2.10. The van der Waals surface area contributed by atoms with Crippen LogP contribution in [0.15, 0.2) is 24.3 Å². The Labute approximate surface area is 130 Å². The van der Waals surface area contributed by atoms with Crippen LogP contribution in [-0.4, -0.2) is 30.3 Å². The molecule has 0 radical (unpaired) electrons. The van der Waals surface area contributed by atoms with Crippen molar-refractivity contribution in [3.8, 4) is 0 Å².